The summed E-state index contributed by atoms with van der Waals surface area (Å²) in [5.74, 6) is 2.44. The summed E-state index contributed by atoms with van der Waals surface area (Å²) >= 11 is 3.56. The van der Waals surface area contributed by atoms with Crippen molar-refractivity contribution in [3.63, 3.8) is 0 Å². The van der Waals surface area contributed by atoms with Crippen LogP contribution in [0.2, 0.25) is 0 Å². The highest BCUT2D eigenvalue weighted by Gasteiger charge is 2.12. The molecule has 0 saturated heterocycles. The Balaban J connectivity index is 1.46. The van der Waals surface area contributed by atoms with Gasteiger partial charge in [0.25, 0.3) is 0 Å². The van der Waals surface area contributed by atoms with Gasteiger partial charge in [0.05, 0.1) is 0 Å². The molecular formula is C23H22BrNO3. The fourth-order valence-electron chi connectivity index (χ4n) is 3.14. The van der Waals surface area contributed by atoms with Crippen LogP contribution in [0.5, 0.6) is 17.2 Å². The second-order valence-corrected chi connectivity index (χ2v) is 7.66. The third-order valence-corrected chi connectivity index (χ3v) is 5.02. The molecule has 0 atom stereocenters. The van der Waals surface area contributed by atoms with Gasteiger partial charge in [0.2, 0.25) is 0 Å². The van der Waals surface area contributed by atoms with E-state index in [1.165, 1.54) is 5.56 Å². The third kappa shape index (κ3) is 4.60. The Labute approximate surface area is 173 Å². The molecule has 1 heterocycles. The topological polar surface area (TPSA) is 39.7 Å². The van der Waals surface area contributed by atoms with Crippen molar-refractivity contribution in [3.05, 3.63) is 81.8 Å². The molecule has 4 nitrogen and oxygen atoms in total. The lowest BCUT2D eigenvalue weighted by atomic mass is 10.1. The molecule has 0 spiro atoms. The summed E-state index contributed by atoms with van der Waals surface area (Å²) in [5.41, 5.74) is 4.46. The second kappa shape index (κ2) is 8.57. The SMILES string of the molecule is Cc1cccc(COc2ccc(Br)cc2CNc2ccc3c(c2)OCCO3)c1. The number of fused-ring (bicyclic) bond motifs is 1. The van der Waals surface area contributed by atoms with Gasteiger partial charge >= 0.3 is 0 Å². The lowest BCUT2D eigenvalue weighted by Crippen LogP contribution is -2.15. The molecule has 0 unspecified atom stereocenters. The number of anilines is 1. The van der Waals surface area contributed by atoms with E-state index in [1.54, 1.807) is 0 Å². The molecule has 0 aromatic heterocycles. The third-order valence-electron chi connectivity index (χ3n) is 4.52. The van der Waals surface area contributed by atoms with E-state index in [2.05, 4.69) is 58.5 Å². The molecule has 0 radical (unpaired) electrons. The molecule has 0 aliphatic carbocycles. The Morgan fingerprint density at radius 2 is 1.82 bits per heavy atom. The van der Waals surface area contributed by atoms with Crippen molar-refractivity contribution in [3.8, 4) is 17.2 Å². The van der Waals surface area contributed by atoms with Crippen molar-refractivity contribution in [2.75, 3.05) is 18.5 Å². The first kappa shape index (κ1) is 18.7. The molecule has 1 aliphatic heterocycles. The van der Waals surface area contributed by atoms with Gasteiger partial charge in [-0.1, -0.05) is 45.8 Å². The minimum absolute atomic E-state index is 0.542. The molecule has 3 aromatic rings. The number of nitrogens with one attached hydrogen (secondary N) is 1. The van der Waals surface area contributed by atoms with E-state index in [0.29, 0.717) is 26.4 Å². The molecule has 0 fully saturated rings. The molecule has 4 rings (SSSR count). The maximum atomic E-state index is 6.11. The summed E-state index contributed by atoms with van der Waals surface area (Å²) in [5, 5.41) is 3.45. The quantitative estimate of drug-likeness (QED) is 0.532. The summed E-state index contributed by atoms with van der Waals surface area (Å²) in [6.07, 6.45) is 0. The van der Waals surface area contributed by atoms with E-state index in [-0.39, 0.29) is 0 Å². The predicted octanol–water partition coefficient (Wildman–Crippen LogP) is 5.72. The summed E-state index contributed by atoms with van der Waals surface area (Å²) in [6.45, 7) is 4.45. The number of aryl methyl sites for hydroxylation is 1. The number of rotatable bonds is 6. The van der Waals surface area contributed by atoms with E-state index in [0.717, 1.165) is 38.5 Å². The van der Waals surface area contributed by atoms with Crippen LogP contribution >= 0.6 is 15.9 Å². The average molecular weight is 440 g/mol. The normalized spacial score (nSPS) is 12.5. The van der Waals surface area contributed by atoms with Crippen molar-refractivity contribution < 1.29 is 14.2 Å². The van der Waals surface area contributed by atoms with Crippen LogP contribution in [0.25, 0.3) is 0 Å². The minimum atomic E-state index is 0.542. The van der Waals surface area contributed by atoms with E-state index < -0.39 is 0 Å². The second-order valence-electron chi connectivity index (χ2n) is 6.74. The Morgan fingerprint density at radius 3 is 2.68 bits per heavy atom. The Hall–Kier alpha value is -2.66. The highest BCUT2D eigenvalue weighted by Crippen LogP contribution is 2.33. The molecule has 5 heteroatoms. The fourth-order valence-corrected chi connectivity index (χ4v) is 3.55. The average Bonchev–Trinajstić information content (AvgIpc) is 2.71. The van der Waals surface area contributed by atoms with E-state index in [9.17, 15) is 0 Å². The molecule has 1 aliphatic rings. The summed E-state index contributed by atoms with van der Waals surface area (Å²) in [7, 11) is 0. The van der Waals surface area contributed by atoms with E-state index >= 15 is 0 Å². The van der Waals surface area contributed by atoms with Gasteiger partial charge in [0.15, 0.2) is 11.5 Å². The predicted molar refractivity (Wildman–Crippen MR) is 114 cm³/mol. The van der Waals surface area contributed by atoms with Gasteiger partial charge in [0.1, 0.15) is 25.6 Å². The van der Waals surface area contributed by atoms with Crippen molar-refractivity contribution in [1.29, 1.82) is 0 Å². The molecule has 0 amide bonds. The number of ether oxygens (including phenoxy) is 3. The summed E-state index contributed by atoms with van der Waals surface area (Å²) < 4.78 is 18.4. The zero-order chi connectivity index (χ0) is 19.3. The van der Waals surface area contributed by atoms with Gasteiger partial charge in [-0.15, -0.1) is 0 Å². The van der Waals surface area contributed by atoms with Gasteiger partial charge in [0, 0.05) is 28.3 Å². The first-order valence-corrected chi connectivity index (χ1v) is 10.1. The van der Waals surface area contributed by atoms with Gasteiger partial charge < -0.3 is 19.5 Å². The van der Waals surface area contributed by atoms with Gasteiger partial charge in [-0.2, -0.15) is 0 Å². The van der Waals surface area contributed by atoms with Crippen LogP contribution in [0.1, 0.15) is 16.7 Å². The van der Waals surface area contributed by atoms with Gasteiger partial charge in [-0.3, -0.25) is 0 Å². The van der Waals surface area contributed by atoms with Crippen LogP contribution in [0.15, 0.2) is 65.1 Å². The lowest BCUT2D eigenvalue weighted by molar-refractivity contribution is 0.171. The molecule has 28 heavy (non-hydrogen) atoms. The fraction of sp³-hybridized carbons (Fsp3) is 0.217. The van der Waals surface area contributed by atoms with Crippen LogP contribution in [-0.2, 0) is 13.2 Å². The monoisotopic (exact) mass is 439 g/mol. The van der Waals surface area contributed by atoms with Crippen molar-refractivity contribution in [1.82, 2.24) is 0 Å². The Bertz CT molecular complexity index is 974. The zero-order valence-electron chi connectivity index (χ0n) is 15.7. The first-order valence-electron chi connectivity index (χ1n) is 9.28. The smallest absolute Gasteiger partial charge is 0.163 e. The molecule has 144 valence electrons. The van der Waals surface area contributed by atoms with Crippen molar-refractivity contribution in [2.45, 2.75) is 20.1 Å². The summed E-state index contributed by atoms with van der Waals surface area (Å²) in [6, 6.07) is 20.4. The summed E-state index contributed by atoms with van der Waals surface area (Å²) in [4.78, 5) is 0. The largest absolute Gasteiger partial charge is 0.489 e. The van der Waals surface area contributed by atoms with Crippen molar-refractivity contribution >= 4 is 21.6 Å². The standard InChI is InChI=1S/C23H22BrNO3/c1-16-3-2-4-17(11-16)15-28-21-7-5-19(24)12-18(21)14-25-20-6-8-22-23(13-20)27-10-9-26-22/h2-8,11-13,25H,9-10,14-15H2,1H3. The number of halogens is 1. The molecule has 3 aromatic carbocycles. The maximum absolute atomic E-state index is 6.11. The molecule has 0 bridgehead atoms. The zero-order valence-corrected chi connectivity index (χ0v) is 17.3. The number of benzene rings is 3. The Morgan fingerprint density at radius 1 is 0.964 bits per heavy atom. The highest BCUT2D eigenvalue weighted by molar-refractivity contribution is 9.10. The van der Waals surface area contributed by atoms with Gasteiger partial charge in [-0.25, -0.2) is 0 Å². The lowest BCUT2D eigenvalue weighted by Gasteiger charge is -2.19. The van der Waals surface area contributed by atoms with Crippen LogP contribution in [0.4, 0.5) is 5.69 Å². The van der Waals surface area contributed by atoms with Crippen molar-refractivity contribution in [2.24, 2.45) is 0 Å². The molecule has 1 N–H and O–H groups in total. The van der Waals surface area contributed by atoms with Gasteiger partial charge in [-0.05, 0) is 42.8 Å². The maximum Gasteiger partial charge on any atom is 0.163 e. The Kier molecular flexibility index (Phi) is 5.72. The number of hydrogen-bond donors (Lipinski definition) is 1. The van der Waals surface area contributed by atoms with Crippen LogP contribution in [0.3, 0.4) is 0 Å². The van der Waals surface area contributed by atoms with Crippen LogP contribution < -0.4 is 19.5 Å². The van der Waals surface area contributed by atoms with E-state index in [4.69, 9.17) is 14.2 Å². The highest BCUT2D eigenvalue weighted by atomic mass is 79.9. The van der Waals surface area contributed by atoms with Crippen LogP contribution in [0, 0.1) is 6.92 Å². The molecular weight excluding hydrogens is 418 g/mol. The van der Waals surface area contributed by atoms with Crippen LogP contribution in [-0.4, -0.2) is 13.2 Å². The van der Waals surface area contributed by atoms with E-state index in [1.807, 2.05) is 30.3 Å². The minimum Gasteiger partial charge on any atom is -0.489 e. The first-order chi connectivity index (χ1) is 13.7. The molecule has 0 saturated carbocycles. The number of hydrogen-bond acceptors (Lipinski definition) is 4.